The van der Waals surface area contributed by atoms with E-state index < -0.39 is 0 Å². The summed E-state index contributed by atoms with van der Waals surface area (Å²) in [6.45, 7) is 4.26. The first-order valence-corrected chi connectivity index (χ1v) is 4.46. The summed E-state index contributed by atoms with van der Waals surface area (Å²) >= 11 is 1.65. The Bertz CT molecular complexity index is 245. The molecule has 0 saturated heterocycles. The Morgan fingerprint density at radius 2 is 1.91 bits per heavy atom. The van der Waals surface area contributed by atoms with Crippen LogP contribution in [0.4, 0.5) is 0 Å². The highest BCUT2D eigenvalue weighted by Crippen LogP contribution is 2.17. The fourth-order valence-electron chi connectivity index (χ4n) is 0.895. The van der Waals surface area contributed by atoms with Gasteiger partial charge in [0.1, 0.15) is 0 Å². The average Bonchev–Trinajstić information content (AvgIpc) is 1.98. The van der Waals surface area contributed by atoms with Crippen molar-refractivity contribution in [3.05, 3.63) is 29.3 Å². The van der Waals surface area contributed by atoms with Crippen molar-refractivity contribution in [1.29, 1.82) is 0 Å². The lowest BCUT2D eigenvalue weighted by Gasteiger charge is -2.02. The number of nitrogens with one attached hydrogen (secondary N) is 1. The van der Waals surface area contributed by atoms with Gasteiger partial charge in [-0.05, 0) is 56.1 Å². The van der Waals surface area contributed by atoms with E-state index in [-0.39, 0.29) is 0 Å². The molecule has 1 N–H and O–H groups in total. The van der Waals surface area contributed by atoms with E-state index in [9.17, 15) is 0 Å². The average molecular weight is 167 g/mol. The topological polar surface area (TPSA) is 12.0 Å². The van der Waals surface area contributed by atoms with E-state index in [0.29, 0.717) is 0 Å². The fraction of sp³-hybridized carbons (Fsp3) is 0.333. The van der Waals surface area contributed by atoms with Crippen molar-refractivity contribution in [2.75, 3.05) is 7.05 Å². The first-order valence-electron chi connectivity index (χ1n) is 3.65. The first kappa shape index (κ1) is 8.62. The van der Waals surface area contributed by atoms with E-state index in [4.69, 9.17) is 0 Å². The Morgan fingerprint density at radius 3 is 2.45 bits per heavy atom. The molecule has 60 valence electrons. The second-order valence-electron chi connectivity index (χ2n) is 2.55. The van der Waals surface area contributed by atoms with Gasteiger partial charge in [-0.3, -0.25) is 4.72 Å². The fourth-order valence-corrected chi connectivity index (χ4v) is 1.50. The highest BCUT2D eigenvalue weighted by molar-refractivity contribution is 7.97. The monoisotopic (exact) mass is 167 g/mol. The summed E-state index contributed by atoms with van der Waals surface area (Å²) in [6, 6.07) is 6.47. The third kappa shape index (κ3) is 2.24. The Labute approximate surface area is 72.3 Å². The van der Waals surface area contributed by atoms with Crippen LogP contribution in [0.1, 0.15) is 11.1 Å². The highest BCUT2D eigenvalue weighted by Gasteiger charge is 1.94. The quantitative estimate of drug-likeness (QED) is 0.679. The SMILES string of the molecule is CNSc1ccc(C)c(C)c1. The molecule has 1 nitrogen and oxygen atoms in total. The lowest BCUT2D eigenvalue weighted by molar-refractivity contribution is 1.24. The summed E-state index contributed by atoms with van der Waals surface area (Å²) < 4.78 is 3.05. The van der Waals surface area contributed by atoms with Crippen LogP contribution >= 0.6 is 11.9 Å². The molecule has 0 aliphatic heterocycles. The van der Waals surface area contributed by atoms with Gasteiger partial charge in [-0.25, -0.2) is 0 Å². The van der Waals surface area contributed by atoms with Crippen molar-refractivity contribution in [3.63, 3.8) is 0 Å². The van der Waals surface area contributed by atoms with E-state index in [1.165, 1.54) is 16.0 Å². The Kier molecular flexibility index (Phi) is 2.97. The van der Waals surface area contributed by atoms with Crippen LogP contribution in [0.15, 0.2) is 23.1 Å². The zero-order chi connectivity index (χ0) is 8.27. The Hall–Kier alpha value is -0.470. The molecule has 0 aliphatic carbocycles. The number of benzene rings is 1. The zero-order valence-corrected chi connectivity index (χ0v) is 7.96. The molecule has 1 aromatic rings. The molecule has 0 fully saturated rings. The van der Waals surface area contributed by atoms with Crippen LogP contribution < -0.4 is 4.72 Å². The lowest BCUT2D eigenvalue weighted by atomic mass is 10.1. The van der Waals surface area contributed by atoms with Crippen molar-refractivity contribution < 1.29 is 0 Å². The molecular formula is C9H13NS. The predicted octanol–water partition coefficient (Wildman–Crippen LogP) is 2.53. The van der Waals surface area contributed by atoms with Crippen LogP contribution in [0.25, 0.3) is 0 Å². The molecule has 1 rings (SSSR count). The molecule has 0 atom stereocenters. The van der Waals surface area contributed by atoms with Crippen LogP contribution in [-0.2, 0) is 0 Å². The van der Waals surface area contributed by atoms with Crippen molar-refractivity contribution in [3.8, 4) is 0 Å². The molecule has 0 heterocycles. The minimum Gasteiger partial charge on any atom is -0.263 e. The second-order valence-corrected chi connectivity index (χ2v) is 3.64. The minimum atomic E-state index is 1.27. The van der Waals surface area contributed by atoms with Gasteiger partial charge in [0.15, 0.2) is 0 Å². The maximum Gasteiger partial charge on any atom is 0.0230 e. The summed E-state index contributed by atoms with van der Waals surface area (Å²) in [4.78, 5) is 1.27. The molecule has 2 heteroatoms. The molecule has 0 spiro atoms. The van der Waals surface area contributed by atoms with Crippen molar-refractivity contribution >= 4 is 11.9 Å². The standard InChI is InChI=1S/C9H13NS/c1-7-4-5-9(11-10-3)6-8(7)2/h4-6,10H,1-3H3. The summed E-state index contributed by atoms with van der Waals surface area (Å²) in [5, 5.41) is 0. The molecule has 0 aliphatic rings. The maximum absolute atomic E-state index is 3.05. The summed E-state index contributed by atoms with van der Waals surface area (Å²) in [6.07, 6.45) is 0. The van der Waals surface area contributed by atoms with E-state index in [0.717, 1.165) is 0 Å². The van der Waals surface area contributed by atoms with Crippen molar-refractivity contribution in [2.24, 2.45) is 0 Å². The van der Waals surface area contributed by atoms with E-state index in [1.807, 2.05) is 7.05 Å². The minimum absolute atomic E-state index is 1.27. The summed E-state index contributed by atoms with van der Waals surface area (Å²) in [5.74, 6) is 0. The number of hydrogen-bond donors (Lipinski definition) is 1. The van der Waals surface area contributed by atoms with Gasteiger partial charge >= 0.3 is 0 Å². The molecule has 0 radical (unpaired) electrons. The Balaban J connectivity index is 2.86. The van der Waals surface area contributed by atoms with Crippen LogP contribution in [0, 0.1) is 13.8 Å². The lowest BCUT2D eigenvalue weighted by Crippen LogP contribution is -1.91. The number of aryl methyl sites for hydroxylation is 2. The van der Waals surface area contributed by atoms with E-state index in [1.54, 1.807) is 11.9 Å². The van der Waals surface area contributed by atoms with Crippen LogP contribution in [0.3, 0.4) is 0 Å². The predicted molar refractivity (Wildman–Crippen MR) is 50.8 cm³/mol. The maximum atomic E-state index is 3.05. The van der Waals surface area contributed by atoms with E-state index >= 15 is 0 Å². The largest absolute Gasteiger partial charge is 0.263 e. The van der Waals surface area contributed by atoms with Gasteiger partial charge in [-0.1, -0.05) is 6.07 Å². The van der Waals surface area contributed by atoms with E-state index in [2.05, 4.69) is 36.8 Å². The molecule has 0 bridgehead atoms. The summed E-state index contributed by atoms with van der Waals surface area (Å²) in [5.41, 5.74) is 2.70. The molecule has 0 aromatic heterocycles. The van der Waals surface area contributed by atoms with Crippen LogP contribution in [0.2, 0.25) is 0 Å². The van der Waals surface area contributed by atoms with Gasteiger partial charge in [0, 0.05) is 4.90 Å². The van der Waals surface area contributed by atoms with Gasteiger partial charge in [0.25, 0.3) is 0 Å². The summed E-state index contributed by atoms with van der Waals surface area (Å²) in [7, 11) is 1.93. The second kappa shape index (κ2) is 3.79. The molecule has 0 amide bonds. The molecule has 0 unspecified atom stereocenters. The third-order valence-corrected chi connectivity index (χ3v) is 2.39. The number of rotatable bonds is 2. The molecule has 11 heavy (non-hydrogen) atoms. The third-order valence-electron chi connectivity index (χ3n) is 1.70. The zero-order valence-electron chi connectivity index (χ0n) is 7.14. The first-order chi connectivity index (χ1) is 5.24. The van der Waals surface area contributed by atoms with Gasteiger partial charge in [-0.15, -0.1) is 0 Å². The molecular weight excluding hydrogens is 154 g/mol. The van der Waals surface area contributed by atoms with Crippen molar-refractivity contribution in [1.82, 2.24) is 4.72 Å². The number of hydrogen-bond acceptors (Lipinski definition) is 2. The highest BCUT2D eigenvalue weighted by atomic mass is 32.2. The van der Waals surface area contributed by atoms with Crippen LogP contribution in [0.5, 0.6) is 0 Å². The van der Waals surface area contributed by atoms with Gasteiger partial charge in [-0.2, -0.15) is 0 Å². The molecule has 1 aromatic carbocycles. The van der Waals surface area contributed by atoms with Gasteiger partial charge < -0.3 is 0 Å². The van der Waals surface area contributed by atoms with Crippen molar-refractivity contribution in [2.45, 2.75) is 18.7 Å². The van der Waals surface area contributed by atoms with Gasteiger partial charge in [0.05, 0.1) is 0 Å². The van der Waals surface area contributed by atoms with Crippen LogP contribution in [-0.4, -0.2) is 7.05 Å². The smallest absolute Gasteiger partial charge is 0.0230 e. The Morgan fingerprint density at radius 1 is 1.18 bits per heavy atom. The normalized spacial score (nSPS) is 10.1. The molecule has 0 saturated carbocycles. The van der Waals surface area contributed by atoms with Gasteiger partial charge in [0.2, 0.25) is 0 Å².